The molecule has 1 atom stereocenters. The Labute approximate surface area is 139 Å². The summed E-state index contributed by atoms with van der Waals surface area (Å²) in [6, 6.07) is 0.730. The van der Waals surface area contributed by atoms with Crippen LogP contribution in [-0.2, 0) is 4.79 Å². The molecule has 2 aliphatic rings. The number of aromatic nitrogens is 1. The van der Waals surface area contributed by atoms with Crippen LogP contribution in [0.1, 0.15) is 42.5 Å². The van der Waals surface area contributed by atoms with Crippen molar-refractivity contribution in [2.75, 3.05) is 13.2 Å². The summed E-state index contributed by atoms with van der Waals surface area (Å²) in [5, 5.41) is 9.55. The van der Waals surface area contributed by atoms with Crippen molar-refractivity contribution < 1.29 is 19.4 Å². The van der Waals surface area contributed by atoms with E-state index in [1.807, 2.05) is 0 Å². The molecule has 0 radical (unpaired) electrons. The van der Waals surface area contributed by atoms with Gasteiger partial charge in [-0.05, 0) is 44.1 Å². The summed E-state index contributed by atoms with van der Waals surface area (Å²) in [5.74, 6) is -0.413. The number of nitrogens with zero attached hydrogens (tertiary/aromatic N) is 2. The van der Waals surface area contributed by atoms with Gasteiger partial charge in [-0.1, -0.05) is 11.6 Å². The third-order valence-corrected chi connectivity index (χ3v) is 4.53. The minimum Gasteiger partial charge on any atom is -0.480 e. The van der Waals surface area contributed by atoms with Gasteiger partial charge >= 0.3 is 5.97 Å². The lowest BCUT2D eigenvalue weighted by atomic mass is 10.0. The monoisotopic (exact) mass is 338 g/mol. The molecule has 1 N–H and O–H groups in total. The number of hydrogen-bond donors (Lipinski definition) is 1. The first-order chi connectivity index (χ1) is 11.1. The fraction of sp³-hybridized carbons (Fsp3) is 0.562. The van der Waals surface area contributed by atoms with Crippen LogP contribution in [0.4, 0.5) is 0 Å². The summed E-state index contributed by atoms with van der Waals surface area (Å²) >= 11 is 6.14. The molecular weight excluding hydrogens is 320 g/mol. The number of rotatable bonds is 5. The molecule has 1 amide bonds. The zero-order chi connectivity index (χ0) is 16.4. The first-order valence-electron chi connectivity index (χ1n) is 7.88. The normalized spacial score (nSPS) is 21.1. The fourth-order valence-corrected chi connectivity index (χ4v) is 2.95. The molecular formula is C16H19ClN2O4. The van der Waals surface area contributed by atoms with Gasteiger partial charge in [0.25, 0.3) is 5.91 Å². The van der Waals surface area contributed by atoms with E-state index in [0.717, 1.165) is 12.8 Å². The number of piperidine rings is 1. The van der Waals surface area contributed by atoms with Crippen LogP contribution >= 0.6 is 11.6 Å². The van der Waals surface area contributed by atoms with Crippen molar-refractivity contribution >= 4 is 23.5 Å². The van der Waals surface area contributed by atoms with Gasteiger partial charge in [0.1, 0.15) is 11.1 Å². The Kier molecular flexibility index (Phi) is 4.71. The molecule has 1 saturated heterocycles. The van der Waals surface area contributed by atoms with Crippen molar-refractivity contribution in [3.63, 3.8) is 0 Å². The van der Waals surface area contributed by atoms with Gasteiger partial charge in [-0.3, -0.25) is 4.79 Å². The zero-order valence-corrected chi connectivity index (χ0v) is 13.5. The van der Waals surface area contributed by atoms with Crippen LogP contribution in [0.3, 0.4) is 0 Å². The zero-order valence-electron chi connectivity index (χ0n) is 12.7. The quantitative estimate of drug-likeness (QED) is 0.892. The van der Waals surface area contributed by atoms with E-state index in [2.05, 4.69) is 4.98 Å². The van der Waals surface area contributed by atoms with Crippen LogP contribution < -0.4 is 4.74 Å². The van der Waals surface area contributed by atoms with Gasteiger partial charge < -0.3 is 14.7 Å². The van der Waals surface area contributed by atoms with E-state index in [1.54, 1.807) is 0 Å². The lowest BCUT2D eigenvalue weighted by molar-refractivity contribution is -0.143. The predicted octanol–water partition coefficient (Wildman–Crippen LogP) is 2.60. The average Bonchev–Trinajstić information content (AvgIpc) is 3.37. The van der Waals surface area contributed by atoms with E-state index in [9.17, 15) is 14.7 Å². The molecule has 7 heteroatoms. The highest BCUT2D eigenvalue weighted by molar-refractivity contribution is 6.32. The largest absolute Gasteiger partial charge is 0.480 e. The highest BCUT2D eigenvalue weighted by atomic mass is 35.5. The highest BCUT2D eigenvalue weighted by Gasteiger charge is 2.33. The van der Waals surface area contributed by atoms with Crippen molar-refractivity contribution in [3.8, 4) is 5.88 Å². The van der Waals surface area contributed by atoms with Gasteiger partial charge in [0, 0.05) is 12.7 Å². The second-order valence-corrected chi connectivity index (χ2v) is 6.52. The van der Waals surface area contributed by atoms with Crippen LogP contribution in [0.5, 0.6) is 5.88 Å². The molecule has 0 spiro atoms. The van der Waals surface area contributed by atoms with Crippen LogP contribution in [0.15, 0.2) is 12.3 Å². The van der Waals surface area contributed by atoms with Crippen molar-refractivity contribution in [2.24, 2.45) is 5.92 Å². The minimum atomic E-state index is -0.971. The maximum atomic E-state index is 12.6. The Morgan fingerprint density at radius 2 is 2.13 bits per heavy atom. The number of aliphatic carboxylic acids is 1. The smallest absolute Gasteiger partial charge is 0.326 e. The maximum absolute atomic E-state index is 12.6. The van der Waals surface area contributed by atoms with E-state index in [0.29, 0.717) is 36.9 Å². The second kappa shape index (κ2) is 6.74. The third kappa shape index (κ3) is 3.75. The molecule has 2 heterocycles. The number of carbonyl (C=O) groups excluding carboxylic acids is 1. The molecule has 6 nitrogen and oxygen atoms in total. The van der Waals surface area contributed by atoms with Crippen molar-refractivity contribution in [3.05, 3.63) is 22.8 Å². The van der Waals surface area contributed by atoms with Crippen LogP contribution in [-0.4, -0.2) is 46.1 Å². The number of hydrogen-bond acceptors (Lipinski definition) is 4. The molecule has 1 aromatic rings. The summed E-state index contributed by atoms with van der Waals surface area (Å²) < 4.78 is 5.54. The molecule has 2 fully saturated rings. The summed E-state index contributed by atoms with van der Waals surface area (Å²) in [4.78, 5) is 29.4. The van der Waals surface area contributed by atoms with Crippen molar-refractivity contribution in [1.29, 1.82) is 0 Å². The first-order valence-corrected chi connectivity index (χ1v) is 8.26. The molecule has 124 valence electrons. The SMILES string of the molecule is O=C(O)C1CCCCN1C(=O)c1cnc(OCC2CC2)c(Cl)c1. The average molecular weight is 339 g/mol. The molecule has 3 rings (SSSR count). The molecule has 0 aromatic carbocycles. The van der Waals surface area contributed by atoms with E-state index >= 15 is 0 Å². The van der Waals surface area contributed by atoms with Crippen LogP contribution in [0.25, 0.3) is 0 Å². The standard InChI is InChI=1S/C16H19ClN2O4/c17-12-7-11(8-18-14(12)23-9-10-4-5-10)15(20)19-6-2-1-3-13(19)16(21)22/h7-8,10,13H,1-6,9H2,(H,21,22). The first kappa shape index (κ1) is 16.1. The Morgan fingerprint density at radius 1 is 1.35 bits per heavy atom. The number of carboxylic acid groups (broad SMARTS) is 1. The van der Waals surface area contributed by atoms with Gasteiger partial charge in [-0.25, -0.2) is 9.78 Å². The topological polar surface area (TPSA) is 79.7 Å². The van der Waals surface area contributed by atoms with Gasteiger partial charge in [0.15, 0.2) is 0 Å². The van der Waals surface area contributed by atoms with Gasteiger partial charge in [0.2, 0.25) is 5.88 Å². The van der Waals surface area contributed by atoms with Crippen LogP contribution in [0.2, 0.25) is 5.02 Å². The maximum Gasteiger partial charge on any atom is 0.326 e. The predicted molar refractivity (Wildman–Crippen MR) is 83.8 cm³/mol. The second-order valence-electron chi connectivity index (χ2n) is 6.11. The van der Waals surface area contributed by atoms with E-state index in [4.69, 9.17) is 16.3 Å². The number of likely N-dealkylation sites (tertiary alicyclic amines) is 1. The number of halogens is 1. The number of amides is 1. The Bertz CT molecular complexity index is 618. The highest BCUT2D eigenvalue weighted by Crippen LogP contribution is 2.31. The van der Waals surface area contributed by atoms with E-state index in [-0.39, 0.29) is 10.9 Å². The van der Waals surface area contributed by atoms with Gasteiger partial charge in [-0.15, -0.1) is 0 Å². The number of ether oxygens (including phenoxy) is 1. The Balaban J connectivity index is 1.72. The van der Waals surface area contributed by atoms with Crippen molar-refractivity contribution in [1.82, 2.24) is 9.88 Å². The molecule has 1 aliphatic carbocycles. The fourth-order valence-electron chi connectivity index (χ4n) is 2.73. The Hall–Kier alpha value is -1.82. The molecule has 1 saturated carbocycles. The number of pyridine rings is 1. The third-order valence-electron chi connectivity index (χ3n) is 4.26. The molecule has 23 heavy (non-hydrogen) atoms. The molecule has 0 bridgehead atoms. The lowest BCUT2D eigenvalue weighted by Crippen LogP contribution is -2.48. The Morgan fingerprint density at radius 3 is 2.78 bits per heavy atom. The number of carboxylic acids is 1. The minimum absolute atomic E-state index is 0.278. The number of carbonyl (C=O) groups is 2. The molecule has 1 aliphatic heterocycles. The molecule has 1 aromatic heterocycles. The summed E-state index contributed by atoms with van der Waals surface area (Å²) in [6.45, 7) is 1.03. The van der Waals surface area contributed by atoms with Gasteiger partial charge in [0.05, 0.1) is 12.2 Å². The molecule has 1 unspecified atom stereocenters. The lowest BCUT2D eigenvalue weighted by Gasteiger charge is -2.32. The van der Waals surface area contributed by atoms with E-state index < -0.39 is 12.0 Å². The van der Waals surface area contributed by atoms with E-state index in [1.165, 1.54) is 30.0 Å². The van der Waals surface area contributed by atoms with Crippen LogP contribution in [0, 0.1) is 5.92 Å². The summed E-state index contributed by atoms with van der Waals surface area (Å²) in [5.41, 5.74) is 0.293. The summed E-state index contributed by atoms with van der Waals surface area (Å²) in [6.07, 6.45) is 5.83. The van der Waals surface area contributed by atoms with Crippen molar-refractivity contribution in [2.45, 2.75) is 38.1 Å². The van der Waals surface area contributed by atoms with Gasteiger partial charge in [-0.2, -0.15) is 0 Å². The summed E-state index contributed by atoms with van der Waals surface area (Å²) in [7, 11) is 0.